The van der Waals surface area contributed by atoms with Crippen molar-refractivity contribution < 1.29 is 37.0 Å². The Hall–Kier alpha value is -4.07. The number of carbonyl (C=O) groups is 1. The number of nitrogen functional groups attached to an aromatic ring is 1. The molecule has 4 rings (SSSR count). The van der Waals surface area contributed by atoms with Crippen LogP contribution in [0.4, 0.5) is 27.8 Å². The zero-order valence-electron chi connectivity index (χ0n) is 19.8. The monoisotopic (exact) mass is 526 g/mol. The van der Waals surface area contributed by atoms with Crippen LogP contribution >= 0.6 is 0 Å². The number of nitrogens with two attached hydrogens (primary N) is 1. The van der Waals surface area contributed by atoms with Gasteiger partial charge in [-0.25, -0.2) is 23.5 Å². The quantitative estimate of drug-likeness (QED) is 0.333. The zero-order chi connectivity index (χ0) is 27.7. The molecule has 3 aromatic heterocycles. The molecule has 37 heavy (non-hydrogen) atoms. The van der Waals surface area contributed by atoms with Gasteiger partial charge in [-0.05, 0) is 36.6 Å². The molecular formula is C23H23F5N6O3. The molecule has 0 amide bonds. The van der Waals surface area contributed by atoms with Crippen molar-refractivity contribution >= 4 is 17.4 Å². The molecule has 0 spiro atoms. The summed E-state index contributed by atoms with van der Waals surface area (Å²) in [6, 6.07) is 6.67. The number of fused-ring (bicyclic) bond motifs is 1. The maximum Gasteiger partial charge on any atom is 0.490 e. The highest BCUT2D eigenvalue weighted by Gasteiger charge is 2.39. The van der Waals surface area contributed by atoms with Crippen LogP contribution in [0.2, 0.25) is 0 Å². The van der Waals surface area contributed by atoms with Crippen molar-refractivity contribution in [3.05, 3.63) is 54.0 Å². The lowest BCUT2D eigenvalue weighted by Crippen LogP contribution is -2.33. The molecule has 1 aromatic carbocycles. The summed E-state index contributed by atoms with van der Waals surface area (Å²) in [6.45, 7) is 3.41. The second kappa shape index (κ2) is 10.1. The Morgan fingerprint density at radius 3 is 2.35 bits per heavy atom. The Labute approximate surface area is 207 Å². The standard InChI is InChI=1S/C21H22F2N6O.C2HF3O2/c1-4-21(30,20(22)23)13-6-5-12(2)14(9-13)17-10-25-19-18(24)27-15(11-29(17)19)16-7-8-26-28(16)3;3-2(4,5)1(6)7/h5-11,20,30H,4H2,1-3H3,(H2,24,27);(H,6,7). The van der Waals surface area contributed by atoms with E-state index in [1.54, 1.807) is 46.9 Å². The van der Waals surface area contributed by atoms with Crippen molar-refractivity contribution in [2.45, 2.75) is 38.5 Å². The summed E-state index contributed by atoms with van der Waals surface area (Å²) >= 11 is 0. The number of hydrogen-bond donors (Lipinski definition) is 3. The smallest absolute Gasteiger partial charge is 0.475 e. The van der Waals surface area contributed by atoms with Gasteiger partial charge in [-0.1, -0.05) is 19.1 Å². The van der Waals surface area contributed by atoms with Gasteiger partial charge in [-0.15, -0.1) is 0 Å². The first-order valence-corrected chi connectivity index (χ1v) is 10.7. The molecule has 0 aliphatic carbocycles. The highest BCUT2D eigenvalue weighted by Crippen LogP contribution is 2.36. The minimum Gasteiger partial charge on any atom is -0.475 e. The first-order chi connectivity index (χ1) is 17.2. The second-order valence-corrected chi connectivity index (χ2v) is 8.10. The average Bonchev–Trinajstić information content (AvgIpc) is 3.45. The zero-order valence-corrected chi connectivity index (χ0v) is 19.8. The third-order valence-electron chi connectivity index (χ3n) is 5.76. The predicted octanol–water partition coefficient (Wildman–Crippen LogP) is 4.18. The molecule has 4 N–H and O–H groups in total. The SMILES string of the molecule is CCC(O)(c1ccc(C)c(-c2cnc3c(N)nc(-c4ccnn4C)cn23)c1)C(F)F.O=C(O)C(F)(F)F. The topological polar surface area (TPSA) is 132 Å². The van der Waals surface area contributed by atoms with Crippen molar-refractivity contribution in [2.24, 2.45) is 7.05 Å². The number of aromatic nitrogens is 5. The number of carboxylic acids is 1. The van der Waals surface area contributed by atoms with Gasteiger partial charge in [0, 0.05) is 25.0 Å². The maximum absolute atomic E-state index is 13.6. The van der Waals surface area contributed by atoms with Crippen LogP contribution in [0.3, 0.4) is 0 Å². The van der Waals surface area contributed by atoms with Crippen LogP contribution < -0.4 is 5.73 Å². The summed E-state index contributed by atoms with van der Waals surface area (Å²) in [5, 5.41) is 21.8. The minimum absolute atomic E-state index is 0.109. The summed E-state index contributed by atoms with van der Waals surface area (Å²) in [7, 11) is 1.80. The average molecular weight is 526 g/mol. The number of carboxylic acid groups (broad SMARTS) is 1. The fraction of sp³-hybridized carbons (Fsp3) is 0.304. The molecule has 0 aliphatic rings. The van der Waals surface area contributed by atoms with Crippen LogP contribution in [0.5, 0.6) is 0 Å². The Kier molecular flexibility index (Phi) is 7.53. The number of aryl methyl sites for hydroxylation is 2. The summed E-state index contributed by atoms with van der Waals surface area (Å²) in [5.74, 6) is -2.51. The van der Waals surface area contributed by atoms with Gasteiger partial charge < -0.3 is 15.9 Å². The molecule has 198 valence electrons. The molecule has 0 radical (unpaired) electrons. The number of imidazole rings is 1. The summed E-state index contributed by atoms with van der Waals surface area (Å²) in [6.07, 6.45) is -3.02. The summed E-state index contributed by atoms with van der Waals surface area (Å²) in [5.41, 5.74) is 8.10. The van der Waals surface area contributed by atoms with E-state index in [1.165, 1.54) is 13.0 Å². The molecular weight excluding hydrogens is 503 g/mol. The fourth-order valence-electron chi connectivity index (χ4n) is 3.61. The Morgan fingerprint density at radius 2 is 1.84 bits per heavy atom. The van der Waals surface area contributed by atoms with E-state index < -0.39 is 24.2 Å². The number of benzene rings is 1. The molecule has 0 saturated carbocycles. The molecule has 14 heteroatoms. The molecule has 9 nitrogen and oxygen atoms in total. The van der Waals surface area contributed by atoms with Gasteiger partial charge in [0.05, 0.1) is 17.6 Å². The van der Waals surface area contributed by atoms with Crippen molar-refractivity contribution in [3.8, 4) is 22.6 Å². The normalized spacial score (nSPS) is 13.4. The predicted molar refractivity (Wildman–Crippen MR) is 124 cm³/mol. The number of halogens is 5. The number of anilines is 1. The van der Waals surface area contributed by atoms with Gasteiger partial charge in [-0.2, -0.15) is 18.3 Å². The van der Waals surface area contributed by atoms with E-state index in [1.807, 2.05) is 13.0 Å². The lowest BCUT2D eigenvalue weighted by molar-refractivity contribution is -0.192. The van der Waals surface area contributed by atoms with E-state index in [4.69, 9.17) is 15.6 Å². The van der Waals surface area contributed by atoms with Gasteiger partial charge >= 0.3 is 12.1 Å². The van der Waals surface area contributed by atoms with Crippen molar-refractivity contribution in [3.63, 3.8) is 0 Å². The van der Waals surface area contributed by atoms with Gasteiger partial charge in [0.15, 0.2) is 11.5 Å². The highest BCUT2D eigenvalue weighted by molar-refractivity contribution is 5.74. The number of nitrogens with zero attached hydrogens (tertiary/aromatic N) is 5. The van der Waals surface area contributed by atoms with Crippen LogP contribution in [0.15, 0.2) is 42.9 Å². The number of rotatable bonds is 5. The van der Waals surface area contributed by atoms with Crippen LogP contribution in [-0.4, -0.2) is 52.9 Å². The van der Waals surface area contributed by atoms with Crippen LogP contribution in [0, 0.1) is 6.92 Å². The molecule has 0 aliphatic heterocycles. The molecule has 4 aromatic rings. The number of aliphatic hydroxyl groups is 1. The Balaban J connectivity index is 0.000000479. The van der Waals surface area contributed by atoms with E-state index in [0.717, 1.165) is 11.3 Å². The van der Waals surface area contributed by atoms with Crippen LogP contribution in [-0.2, 0) is 17.4 Å². The maximum atomic E-state index is 13.6. The number of hydrogen-bond acceptors (Lipinski definition) is 6. The van der Waals surface area contributed by atoms with E-state index in [2.05, 4.69) is 15.1 Å². The molecule has 3 heterocycles. The first kappa shape index (κ1) is 27.5. The van der Waals surface area contributed by atoms with Gasteiger partial charge in [0.25, 0.3) is 6.43 Å². The lowest BCUT2D eigenvalue weighted by Gasteiger charge is -2.27. The summed E-state index contributed by atoms with van der Waals surface area (Å²) in [4.78, 5) is 17.7. The molecule has 1 unspecified atom stereocenters. The third-order valence-corrected chi connectivity index (χ3v) is 5.76. The molecule has 1 atom stereocenters. The highest BCUT2D eigenvalue weighted by atomic mass is 19.4. The Bertz CT molecular complexity index is 1430. The molecule has 0 fully saturated rings. The van der Waals surface area contributed by atoms with E-state index in [-0.39, 0.29) is 17.8 Å². The summed E-state index contributed by atoms with van der Waals surface area (Å²) < 4.78 is 62.4. The molecule has 0 bridgehead atoms. The largest absolute Gasteiger partial charge is 0.490 e. The molecule has 0 saturated heterocycles. The van der Waals surface area contributed by atoms with E-state index in [0.29, 0.717) is 22.6 Å². The minimum atomic E-state index is -5.08. The second-order valence-electron chi connectivity index (χ2n) is 8.10. The number of aliphatic carboxylic acids is 1. The third kappa shape index (κ3) is 5.38. The van der Waals surface area contributed by atoms with Crippen LogP contribution in [0.25, 0.3) is 28.3 Å². The Morgan fingerprint density at radius 1 is 1.19 bits per heavy atom. The van der Waals surface area contributed by atoms with E-state index >= 15 is 0 Å². The van der Waals surface area contributed by atoms with Gasteiger partial charge in [0.2, 0.25) is 0 Å². The van der Waals surface area contributed by atoms with Crippen molar-refractivity contribution in [1.82, 2.24) is 24.1 Å². The van der Waals surface area contributed by atoms with Gasteiger partial charge in [0.1, 0.15) is 11.3 Å². The number of alkyl halides is 5. The fourth-order valence-corrected chi connectivity index (χ4v) is 3.61. The van der Waals surface area contributed by atoms with E-state index in [9.17, 15) is 27.1 Å². The van der Waals surface area contributed by atoms with Gasteiger partial charge in [-0.3, -0.25) is 9.08 Å². The van der Waals surface area contributed by atoms with Crippen molar-refractivity contribution in [1.29, 1.82) is 0 Å². The first-order valence-electron chi connectivity index (χ1n) is 10.7. The van der Waals surface area contributed by atoms with Crippen LogP contribution in [0.1, 0.15) is 24.5 Å². The van der Waals surface area contributed by atoms with Crippen molar-refractivity contribution in [2.75, 3.05) is 5.73 Å². The lowest BCUT2D eigenvalue weighted by atomic mass is 9.88.